The number of benzene rings is 1. The molecular weight excluding hydrogens is 213 g/mol. The fourth-order valence-corrected chi connectivity index (χ4v) is 1.11. The number of halogens is 1. The molecule has 0 heterocycles. The maximum absolute atomic E-state index is 13.3. The first-order valence-electron chi connectivity index (χ1n) is 4.50. The fraction of sp³-hybridized carbons (Fsp3) is 0.200. The summed E-state index contributed by atoms with van der Waals surface area (Å²) in [4.78, 5) is 11.4. The van der Waals surface area contributed by atoms with Gasteiger partial charge < -0.3 is 10.6 Å². The molecule has 0 saturated heterocycles. The molecule has 5 nitrogen and oxygen atoms in total. The highest BCUT2D eigenvalue weighted by molar-refractivity contribution is 5.67. The summed E-state index contributed by atoms with van der Waals surface area (Å²) in [7, 11) is 3.60. The summed E-state index contributed by atoms with van der Waals surface area (Å²) in [6, 6.07) is 2.07. The van der Waals surface area contributed by atoms with E-state index < -0.39 is 16.4 Å². The highest BCUT2D eigenvalue weighted by Crippen LogP contribution is 2.24. The average Bonchev–Trinajstić information content (AvgIpc) is 2.18. The van der Waals surface area contributed by atoms with Gasteiger partial charge in [-0.1, -0.05) is 0 Å². The third kappa shape index (κ3) is 2.69. The van der Waals surface area contributed by atoms with Crippen molar-refractivity contribution in [3.05, 3.63) is 39.8 Å². The normalized spacial score (nSPS) is 10.7. The number of rotatable bonds is 3. The predicted octanol–water partition coefficient (Wildman–Crippen LogP) is 1.85. The van der Waals surface area contributed by atoms with E-state index in [9.17, 15) is 14.5 Å². The molecular formula is C10H12FN3O2. The first-order chi connectivity index (χ1) is 7.41. The fourth-order valence-electron chi connectivity index (χ4n) is 1.11. The van der Waals surface area contributed by atoms with Gasteiger partial charge in [-0.2, -0.15) is 4.39 Å². The number of anilines is 1. The zero-order chi connectivity index (χ0) is 12.3. The van der Waals surface area contributed by atoms with Gasteiger partial charge in [-0.25, -0.2) is 0 Å². The van der Waals surface area contributed by atoms with Crippen LogP contribution in [-0.2, 0) is 0 Å². The van der Waals surface area contributed by atoms with E-state index in [2.05, 4.69) is 0 Å². The predicted molar refractivity (Wildman–Crippen MR) is 60.2 cm³/mol. The Morgan fingerprint density at radius 3 is 2.62 bits per heavy atom. The summed E-state index contributed by atoms with van der Waals surface area (Å²) in [6.45, 7) is 0. The second kappa shape index (κ2) is 4.61. The molecule has 1 aromatic carbocycles. The quantitative estimate of drug-likeness (QED) is 0.484. The van der Waals surface area contributed by atoms with Crippen molar-refractivity contribution in [3.63, 3.8) is 0 Å². The van der Waals surface area contributed by atoms with Gasteiger partial charge in [0.05, 0.1) is 4.92 Å². The summed E-state index contributed by atoms with van der Waals surface area (Å²) in [5.41, 5.74) is 5.55. The van der Waals surface area contributed by atoms with E-state index in [1.807, 2.05) is 0 Å². The molecule has 0 aromatic heterocycles. The van der Waals surface area contributed by atoms with Crippen LogP contribution in [0.3, 0.4) is 0 Å². The Labute approximate surface area is 92.1 Å². The van der Waals surface area contributed by atoms with Gasteiger partial charge in [-0.15, -0.1) is 0 Å². The largest absolute Gasteiger partial charge is 0.398 e. The van der Waals surface area contributed by atoms with Crippen LogP contribution in [0.15, 0.2) is 18.3 Å². The smallest absolute Gasteiger partial charge is 0.306 e. The Morgan fingerprint density at radius 1 is 1.50 bits per heavy atom. The van der Waals surface area contributed by atoms with E-state index in [1.54, 1.807) is 31.3 Å². The van der Waals surface area contributed by atoms with Gasteiger partial charge in [0.25, 0.3) is 0 Å². The minimum atomic E-state index is -0.891. The van der Waals surface area contributed by atoms with Crippen molar-refractivity contribution in [3.8, 4) is 0 Å². The average molecular weight is 225 g/mol. The zero-order valence-corrected chi connectivity index (χ0v) is 8.98. The molecule has 0 amide bonds. The van der Waals surface area contributed by atoms with Crippen LogP contribution in [-0.4, -0.2) is 23.9 Å². The molecule has 1 rings (SSSR count). The van der Waals surface area contributed by atoms with Crippen molar-refractivity contribution in [1.82, 2.24) is 4.90 Å². The van der Waals surface area contributed by atoms with Gasteiger partial charge in [0.1, 0.15) is 0 Å². The SMILES string of the molecule is CN(C)/C=C/c1cc(F)c([N+](=O)[O-])cc1N. The lowest BCUT2D eigenvalue weighted by atomic mass is 10.1. The Morgan fingerprint density at radius 2 is 2.12 bits per heavy atom. The Kier molecular flexibility index (Phi) is 3.44. The first kappa shape index (κ1) is 12.0. The van der Waals surface area contributed by atoms with Gasteiger partial charge in [0, 0.05) is 31.4 Å². The molecule has 0 atom stereocenters. The topological polar surface area (TPSA) is 72.4 Å². The molecule has 0 bridgehead atoms. The van der Waals surface area contributed by atoms with Crippen molar-refractivity contribution < 1.29 is 9.31 Å². The molecule has 1 aromatic rings. The number of hydrogen-bond donors (Lipinski definition) is 1. The van der Waals surface area contributed by atoms with Crippen LogP contribution >= 0.6 is 0 Å². The highest BCUT2D eigenvalue weighted by atomic mass is 19.1. The molecule has 0 saturated carbocycles. The van der Waals surface area contributed by atoms with Crippen LogP contribution in [0.2, 0.25) is 0 Å². The maximum Gasteiger partial charge on any atom is 0.306 e. The Bertz CT molecular complexity index is 444. The summed E-state index contributed by atoms with van der Waals surface area (Å²) in [5, 5.41) is 10.4. The summed E-state index contributed by atoms with van der Waals surface area (Å²) in [6.07, 6.45) is 3.26. The number of nitrogens with zero attached hydrogens (tertiary/aromatic N) is 2. The standard InChI is InChI=1S/C10H12FN3O2/c1-13(2)4-3-7-5-8(11)10(14(15)16)6-9(7)12/h3-6H,12H2,1-2H3/b4-3+. The molecule has 0 aliphatic rings. The third-order valence-corrected chi connectivity index (χ3v) is 1.90. The number of nitro benzene ring substituents is 1. The Hall–Kier alpha value is -2.11. The molecule has 0 fully saturated rings. The molecule has 0 unspecified atom stereocenters. The minimum Gasteiger partial charge on any atom is -0.398 e. The highest BCUT2D eigenvalue weighted by Gasteiger charge is 2.15. The third-order valence-electron chi connectivity index (χ3n) is 1.90. The van der Waals surface area contributed by atoms with Crippen molar-refractivity contribution in [1.29, 1.82) is 0 Å². The maximum atomic E-state index is 13.3. The molecule has 16 heavy (non-hydrogen) atoms. The monoisotopic (exact) mass is 225 g/mol. The van der Waals surface area contributed by atoms with Gasteiger partial charge in [0.2, 0.25) is 5.82 Å². The van der Waals surface area contributed by atoms with E-state index in [-0.39, 0.29) is 5.69 Å². The number of nitrogens with two attached hydrogens (primary N) is 1. The molecule has 86 valence electrons. The molecule has 0 aliphatic carbocycles. The lowest BCUT2D eigenvalue weighted by Crippen LogP contribution is -2.01. The van der Waals surface area contributed by atoms with Crippen LogP contribution in [0.1, 0.15) is 5.56 Å². The molecule has 0 radical (unpaired) electrons. The van der Waals surface area contributed by atoms with E-state index in [0.717, 1.165) is 12.1 Å². The van der Waals surface area contributed by atoms with E-state index in [4.69, 9.17) is 5.73 Å². The molecule has 2 N–H and O–H groups in total. The molecule has 6 heteroatoms. The number of nitro groups is 1. The van der Waals surface area contributed by atoms with E-state index >= 15 is 0 Å². The van der Waals surface area contributed by atoms with Crippen molar-refractivity contribution >= 4 is 17.5 Å². The lowest BCUT2D eigenvalue weighted by molar-refractivity contribution is -0.387. The first-order valence-corrected chi connectivity index (χ1v) is 4.50. The van der Waals surface area contributed by atoms with Gasteiger partial charge >= 0.3 is 5.69 Å². The van der Waals surface area contributed by atoms with E-state index in [0.29, 0.717) is 5.56 Å². The van der Waals surface area contributed by atoms with Gasteiger partial charge in [-0.3, -0.25) is 10.1 Å². The van der Waals surface area contributed by atoms with Gasteiger partial charge in [-0.05, 0) is 18.3 Å². The van der Waals surface area contributed by atoms with Crippen LogP contribution in [0.5, 0.6) is 0 Å². The summed E-state index contributed by atoms with van der Waals surface area (Å²) < 4.78 is 13.3. The van der Waals surface area contributed by atoms with Crippen LogP contribution in [0.4, 0.5) is 15.8 Å². The van der Waals surface area contributed by atoms with Crippen LogP contribution < -0.4 is 5.73 Å². The van der Waals surface area contributed by atoms with Gasteiger partial charge in [0.15, 0.2) is 0 Å². The zero-order valence-electron chi connectivity index (χ0n) is 8.98. The van der Waals surface area contributed by atoms with Crippen molar-refractivity contribution in [2.24, 2.45) is 0 Å². The lowest BCUT2D eigenvalue weighted by Gasteiger charge is -2.05. The van der Waals surface area contributed by atoms with Crippen LogP contribution in [0.25, 0.3) is 6.08 Å². The molecule has 0 aliphatic heterocycles. The van der Waals surface area contributed by atoms with Crippen molar-refractivity contribution in [2.75, 3.05) is 19.8 Å². The second-order valence-electron chi connectivity index (χ2n) is 3.47. The van der Waals surface area contributed by atoms with Crippen LogP contribution in [0, 0.1) is 15.9 Å². The summed E-state index contributed by atoms with van der Waals surface area (Å²) in [5.74, 6) is -0.891. The van der Waals surface area contributed by atoms with E-state index in [1.165, 1.54) is 0 Å². The van der Waals surface area contributed by atoms with Crippen molar-refractivity contribution in [2.45, 2.75) is 0 Å². The number of nitrogen functional groups attached to an aromatic ring is 1. The minimum absolute atomic E-state index is 0.172. The number of hydrogen-bond acceptors (Lipinski definition) is 4. The Balaban J connectivity index is 3.15. The summed E-state index contributed by atoms with van der Waals surface area (Å²) >= 11 is 0. The molecule has 0 spiro atoms. The second-order valence-corrected chi connectivity index (χ2v) is 3.47.